The third kappa shape index (κ3) is 7.63. The number of aromatic nitrogens is 7. The summed E-state index contributed by atoms with van der Waals surface area (Å²) < 4.78 is 24.6. The normalized spacial score (nSPS) is 17.3. The minimum absolute atomic E-state index is 0.0820. The van der Waals surface area contributed by atoms with Crippen molar-refractivity contribution in [2.24, 2.45) is 7.05 Å². The fourth-order valence-electron chi connectivity index (χ4n) is 5.10. The van der Waals surface area contributed by atoms with Gasteiger partial charge in [0.25, 0.3) is 0 Å². The molecular formula is C28H31ClFN9O7. The second-order valence-electron chi connectivity index (χ2n) is 10.5. The average molecular weight is 660 g/mol. The van der Waals surface area contributed by atoms with Crippen LogP contribution in [0.5, 0.6) is 6.01 Å². The van der Waals surface area contributed by atoms with Crippen molar-refractivity contribution >= 4 is 29.5 Å². The molecule has 0 aromatic carbocycles. The molecule has 1 aliphatic rings. The van der Waals surface area contributed by atoms with Gasteiger partial charge in [0.1, 0.15) is 23.8 Å². The summed E-state index contributed by atoms with van der Waals surface area (Å²) in [6.07, 6.45) is 5.96. The SMILES string of the molecule is COc1ncc(-c2ccnc(N(C(=O)OCC(O)F)C3CCC(Nc4ncc(C(O)(O)O)c(-c5nn(C)cc5Cl)n4)CC3)c2)cn1. The van der Waals surface area contributed by atoms with Crippen molar-refractivity contribution in [3.8, 4) is 28.5 Å². The maximum absolute atomic E-state index is 13.2. The predicted octanol–water partition coefficient (Wildman–Crippen LogP) is 2.13. The largest absolute Gasteiger partial charge is 0.467 e. The van der Waals surface area contributed by atoms with Crippen molar-refractivity contribution in [3.05, 3.63) is 53.7 Å². The Bertz CT molecular complexity index is 1660. The molecule has 0 saturated heterocycles. The molecule has 5 rings (SSSR count). The lowest BCUT2D eigenvalue weighted by atomic mass is 9.90. The number of nitrogens with one attached hydrogen (secondary N) is 1. The van der Waals surface area contributed by atoms with Crippen LogP contribution in [-0.4, -0.2) is 93.4 Å². The Labute approximate surface area is 266 Å². The number of halogens is 2. The van der Waals surface area contributed by atoms with Gasteiger partial charge in [-0.2, -0.15) is 5.10 Å². The monoisotopic (exact) mass is 659 g/mol. The van der Waals surface area contributed by atoms with E-state index in [1.807, 2.05) is 0 Å². The van der Waals surface area contributed by atoms with E-state index in [2.05, 4.69) is 35.3 Å². The van der Waals surface area contributed by atoms with Crippen molar-refractivity contribution in [1.82, 2.24) is 34.7 Å². The maximum atomic E-state index is 13.2. The van der Waals surface area contributed by atoms with Crippen LogP contribution in [0, 0.1) is 0 Å². The van der Waals surface area contributed by atoms with E-state index >= 15 is 0 Å². The van der Waals surface area contributed by atoms with E-state index in [-0.39, 0.29) is 40.2 Å². The molecule has 0 bridgehead atoms. The van der Waals surface area contributed by atoms with E-state index in [1.54, 1.807) is 31.6 Å². The van der Waals surface area contributed by atoms with E-state index in [4.69, 9.17) is 26.2 Å². The number of amides is 1. The van der Waals surface area contributed by atoms with Gasteiger partial charge in [0.05, 0.1) is 17.7 Å². The smallest absolute Gasteiger partial charge is 0.415 e. The Kier molecular flexibility index (Phi) is 9.88. The number of anilines is 2. The lowest BCUT2D eigenvalue weighted by molar-refractivity contribution is -0.323. The van der Waals surface area contributed by atoms with Gasteiger partial charge >= 0.3 is 18.1 Å². The van der Waals surface area contributed by atoms with Gasteiger partial charge in [-0.15, -0.1) is 0 Å². The van der Waals surface area contributed by atoms with Crippen LogP contribution in [0.25, 0.3) is 22.5 Å². The maximum Gasteiger partial charge on any atom is 0.415 e. The third-order valence-corrected chi connectivity index (χ3v) is 7.51. The first-order chi connectivity index (χ1) is 21.9. The van der Waals surface area contributed by atoms with E-state index < -0.39 is 36.6 Å². The molecule has 1 saturated carbocycles. The van der Waals surface area contributed by atoms with Crippen LogP contribution in [0.2, 0.25) is 5.02 Å². The lowest BCUT2D eigenvalue weighted by Gasteiger charge is -2.36. The molecule has 1 amide bonds. The van der Waals surface area contributed by atoms with Gasteiger partial charge in [0, 0.05) is 55.7 Å². The van der Waals surface area contributed by atoms with Gasteiger partial charge in [0.2, 0.25) is 12.3 Å². The first-order valence-corrected chi connectivity index (χ1v) is 14.4. The first kappa shape index (κ1) is 32.8. The standard InChI is InChI=1S/C28H31ClFN9O7/c1-38-13-20(29)24(37-38)23-19(28(42,43)44)12-32-25(36-23)35-17-3-5-18(6-4-17)39(27(41)46-14-21(30)40)22-9-15(7-8-31-22)16-10-33-26(45-2)34-11-16/h7-13,17-18,21,40,42-44H,3-6,14H2,1-2H3,(H,32,35,36). The van der Waals surface area contributed by atoms with Gasteiger partial charge in [0.15, 0.2) is 0 Å². The summed E-state index contributed by atoms with van der Waals surface area (Å²) in [6, 6.07) is 3.00. The number of alkyl halides is 1. The van der Waals surface area contributed by atoms with Crippen LogP contribution >= 0.6 is 11.6 Å². The molecule has 16 nitrogen and oxygen atoms in total. The summed E-state index contributed by atoms with van der Waals surface area (Å²) in [4.78, 5) is 35.6. The minimum Gasteiger partial charge on any atom is -0.467 e. The van der Waals surface area contributed by atoms with Crippen LogP contribution in [0.1, 0.15) is 31.2 Å². The Morgan fingerprint density at radius 2 is 1.85 bits per heavy atom. The molecule has 1 atom stereocenters. The zero-order valence-electron chi connectivity index (χ0n) is 24.7. The number of rotatable bonds is 10. The Balaban J connectivity index is 1.34. The van der Waals surface area contributed by atoms with Gasteiger partial charge in [-0.1, -0.05) is 11.6 Å². The fourth-order valence-corrected chi connectivity index (χ4v) is 5.37. The van der Waals surface area contributed by atoms with Crippen LogP contribution < -0.4 is 15.0 Å². The number of aliphatic hydroxyl groups excluding tert-OH is 1. The second kappa shape index (κ2) is 13.8. The third-order valence-electron chi connectivity index (χ3n) is 7.23. The molecule has 0 aliphatic heterocycles. The Morgan fingerprint density at radius 3 is 2.46 bits per heavy atom. The summed E-state index contributed by atoms with van der Waals surface area (Å²) in [7, 11) is 3.07. The van der Waals surface area contributed by atoms with E-state index in [0.717, 1.165) is 6.20 Å². The Hall–Kier alpha value is -4.55. The molecule has 4 aromatic rings. The van der Waals surface area contributed by atoms with Gasteiger partial charge in [-0.3, -0.25) is 9.58 Å². The minimum atomic E-state index is -3.24. The van der Waals surface area contributed by atoms with Crippen LogP contribution in [0.3, 0.4) is 0 Å². The quantitative estimate of drug-likeness (QED) is 0.154. The summed E-state index contributed by atoms with van der Waals surface area (Å²) >= 11 is 6.26. The number of carbonyl (C=O) groups excluding carboxylic acids is 1. The number of ether oxygens (including phenoxy) is 2. The second-order valence-corrected chi connectivity index (χ2v) is 10.9. The van der Waals surface area contributed by atoms with Crippen molar-refractivity contribution < 1.29 is 39.1 Å². The van der Waals surface area contributed by atoms with Crippen molar-refractivity contribution in [3.63, 3.8) is 0 Å². The van der Waals surface area contributed by atoms with E-state index in [1.165, 1.54) is 29.1 Å². The Morgan fingerprint density at radius 1 is 1.13 bits per heavy atom. The molecule has 1 aliphatic carbocycles. The molecule has 1 unspecified atom stereocenters. The van der Waals surface area contributed by atoms with Crippen LogP contribution in [0.4, 0.5) is 21.0 Å². The number of hydrogen-bond donors (Lipinski definition) is 5. The fraction of sp³-hybridized carbons (Fsp3) is 0.393. The number of hydrogen-bond acceptors (Lipinski definition) is 14. The van der Waals surface area contributed by atoms with Crippen molar-refractivity contribution in [1.29, 1.82) is 0 Å². The number of carbonyl (C=O) groups is 1. The molecule has 0 radical (unpaired) electrons. The highest BCUT2D eigenvalue weighted by Gasteiger charge is 2.34. The van der Waals surface area contributed by atoms with Crippen LogP contribution in [0.15, 0.2) is 43.1 Å². The van der Waals surface area contributed by atoms with Crippen LogP contribution in [-0.2, 0) is 17.8 Å². The van der Waals surface area contributed by atoms with Gasteiger partial charge in [-0.05, 0) is 43.4 Å². The molecule has 1 fully saturated rings. The number of pyridine rings is 1. The summed E-state index contributed by atoms with van der Waals surface area (Å²) in [5, 5.41) is 46.3. The highest BCUT2D eigenvalue weighted by molar-refractivity contribution is 6.32. The van der Waals surface area contributed by atoms with Gasteiger partial charge < -0.3 is 35.2 Å². The highest BCUT2D eigenvalue weighted by atomic mass is 35.5. The number of aryl methyl sites for hydroxylation is 1. The van der Waals surface area contributed by atoms with Gasteiger partial charge in [-0.25, -0.2) is 34.1 Å². The molecule has 4 heterocycles. The van der Waals surface area contributed by atoms with Crippen molar-refractivity contribution in [2.75, 3.05) is 23.9 Å². The van der Waals surface area contributed by atoms with E-state index in [9.17, 15) is 24.5 Å². The summed E-state index contributed by atoms with van der Waals surface area (Å²) in [5.41, 5.74) is 0.919. The first-order valence-electron chi connectivity index (χ1n) is 14.0. The molecule has 0 spiro atoms. The van der Waals surface area contributed by atoms with E-state index in [0.29, 0.717) is 36.8 Å². The molecule has 46 heavy (non-hydrogen) atoms. The predicted molar refractivity (Wildman–Crippen MR) is 160 cm³/mol. The number of aliphatic hydroxyl groups is 4. The number of methoxy groups -OCH3 is 1. The highest BCUT2D eigenvalue weighted by Crippen LogP contribution is 2.34. The van der Waals surface area contributed by atoms with Crippen molar-refractivity contribution in [2.45, 2.75) is 50.1 Å². The zero-order valence-corrected chi connectivity index (χ0v) is 25.4. The summed E-state index contributed by atoms with van der Waals surface area (Å²) in [6.45, 7) is -0.842. The molecular weight excluding hydrogens is 629 g/mol. The topological polar surface area (TPSA) is 214 Å². The molecule has 244 valence electrons. The molecule has 4 aromatic heterocycles. The molecule has 5 N–H and O–H groups in total. The lowest BCUT2D eigenvalue weighted by Crippen LogP contribution is -2.45. The zero-order chi connectivity index (χ0) is 33.0. The summed E-state index contributed by atoms with van der Waals surface area (Å²) in [5.74, 6) is -2.87. The average Bonchev–Trinajstić information content (AvgIpc) is 3.38. The number of nitrogens with zero attached hydrogens (tertiary/aromatic N) is 8. The molecule has 18 heteroatoms.